The molecule has 38 heavy (non-hydrogen) atoms. The maximum Gasteiger partial charge on any atom is 0.407 e. The number of carbonyl (C=O) groups excluding carboxylic acids is 2. The highest BCUT2D eigenvalue weighted by atomic mass is 16.6. The number of hydrogen-bond acceptors (Lipinski definition) is 5. The molecule has 0 fully saturated rings. The van der Waals surface area contributed by atoms with Crippen LogP contribution in [-0.4, -0.2) is 36.4 Å². The number of fused-ring (bicyclic) bond motifs is 3. The fourth-order valence-electron chi connectivity index (χ4n) is 4.72. The standard InChI is InChI=1S/C32H37NO5/c1-21(2)37-23-17-14-22(15-18-23)16-19-29(30(34)38-32(3,4)5)33-31(35)36-20-28-26-12-8-6-10-24(26)25-11-7-9-13-27(25)28/h6-15,17-18,21,28-29H,16,19-20H2,1-5H3,(H,33,35). The first-order valence-electron chi connectivity index (χ1n) is 13.2. The molecule has 0 bridgehead atoms. The first-order valence-corrected chi connectivity index (χ1v) is 13.2. The van der Waals surface area contributed by atoms with E-state index < -0.39 is 23.7 Å². The molecule has 3 aromatic carbocycles. The summed E-state index contributed by atoms with van der Waals surface area (Å²) < 4.78 is 17.0. The molecule has 6 heteroatoms. The predicted molar refractivity (Wildman–Crippen MR) is 148 cm³/mol. The number of esters is 1. The van der Waals surface area contributed by atoms with Gasteiger partial charge in [0.1, 0.15) is 24.0 Å². The Morgan fingerprint density at radius 3 is 2.00 bits per heavy atom. The Morgan fingerprint density at radius 1 is 0.868 bits per heavy atom. The molecule has 1 amide bonds. The number of nitrogens with one attached hydrogen (secondary N) is 1. The van der Waals surface area contributed by atoms with Crippen LogP contribution in [0, 0.1) is 0 Å². The van der Waals surface area contributed by atoms with Crippen molar-refractivity contribution in [3.05, 3.63) is 89.5 Å². The predicted octanol–water partition coefficient (Wildman–Crippen LogP) is 6.66. The Hall–Kier alpha value is -3.80. The van der Waals surface area contributed by atoms with E-state index in [0.717, 1.165) is 33.6 Å². The molecule has 1 aliphatic rings. The third-order valence-corrected chi connectivity index (χ3v) is 6.34. The number of carbonyl (C=O) groups is 2. The smallest absolute Gasteiger partial charge is 0.407 e. The summed E-state index contributed by atoms with van der Waals surface area (Å²) in [5.41, 5.74) is 4.95. The van der Waals surface area contributed by atoms with E-state index in [1.807, 2.05) is 83.1 Å². The topological polar surface area (TPSA) is 73.9 Å². The zero-order chi connectivity index (χ0) is 27.3. The summed E-state index contributed by atoms with van der Waals surface area (Å²) in [6, 6.07) is 23.3. The average molecular weight is 516 g/mol. The highest BCUT2D eigenvalue weighted by Gasteiger charge is 2.31. The zero-order valence-corrected chi connectivity index (χ0v) is 22.8. The Bertz CT molecular complexity index is 1210. The fraction of sp³-hybridized carbons (Fsp3) is 0.375. The minimum absolute atomic E-state index is 0.0558. The molecule has 0 aliphatic heterocycles. The summed E-state index contributed by atoms with van der Waals surface area (Å²) >= 11 is 0. The van der Waals surface area contributed by atoms with Crippen LogP contribution in [0.25, 0.3) is 11.1 Å². The fourth-order valence-corrected chi connectivity index (χ4v) is 4.72. The second-order valence-electron chi connectivity index (χ2n) is 10.9. The van der Waals surface area contributed by atoms with Crippen LogP contribution in [0.5, 0.6) is 5.75 Å². The van der Waals surface area contributed by atoms with Crippen LogP contribution in [0.15, 0.2) is 72.8 Å². The number of alkyl carbamates (subject to hydrolysis) is 1. The van der Waals surface area contributed by atoms with Crippen molar-refractivity contribution in [1.82, 2.24) is 5.32 Å². The van der Waals surface area contributed by atoms with Gasteiger partial charge in [-0.3, -0.25) is 0 Å². The molecular formula is C32H37NO5. The lowest BCUT2D eigenvalue weighted by Crippen LogP contribution is -2.45. The molecule has 0 spiro atoms. The minimum atomic E-state index is -0.837. The molecule has 1 atom stereocenters. The largest absolute Gasteiger partial charge is 0.491 e. The number of amides is 1. The van der Waals surface area contributed by atoms with Crippen LogP contribution >= 0.6 is 0 Å². The Balaban J connectivity index is 1.41. The molecule has 1 N–H and O–H groups in total. The van der Waals surface area contributed by atoms with E-state index in [4.69, 9.17) is 14.2 Å². The van der Waals surface area contributed by atoms with Crippen molar-refractivity contribution in [1.29, 1.82) is 0 Å². The molecule has 1 unspecified atom stereocenters. The molecule has 0 saturated carbocycles. The van der Waals surface area contributed by atoms with E-state index in [0.29, 0.717) is 12.8 Å². The molecule has 0 radical (unpaired) electrons. The lowest BCUT2D eigenvalue weighted by molar-refractivity contribution is -0.157. The van der Waals surface area contributed by atoms with Gasteiger partial charge in [0.05, 0.1) is 6.10 Å². The highest BCUT2D eigenvalue weighted by molar-refractivity contribution is 5.82. The summed E-state index contributed by atoms with van der Waals surface area (Å²) in [4.78, 5) is 25.9. The van der Waals surface area contributed by atoms with Gasteiger partial charge >= 0.3 is 12.1 Å². The number of aryl methyl sites for hydroxylation is 1. The number of benzene rings is 3. The third kappa shape index (κ3) is 6.94. The molecule has 6 nitrogen and oxygen atoms in total. The van der Waals surface area contributed by atoms with Gasteiger partial charge in [0, 0.05) is 5.92 Å². The maximum atomic E-state index is 13.0. The van der Waals surface area contributed by atoms with Crippen molar-refractivity contribution < 1.29 is 23.8 Å². The number of hydrogen-bond donors (Lipinski definition) is 1. The van der Waals surface area contributed by atoms with E-state index in [2.05, 4.69) is 29.6 Å². The molecule has 3 aromatic rings. The quantitative estimate of drug-likeness (QED) is 0.323. The Kier molecular flexibility index (Phi) is 8.40. The zero-order valence-electron chi connectivity index (χ0n) is 22.8. The van der Waals surface area contributed by atoms with Crippen LogP contribution in [0.1, 0.15) is 63.6 Å². The number of ether oxygens (including phenoxy) is 3. The lowest BCUT2D eigenvalue weighted by Gasteiger charge is -2.25. The van der Waals surface area contributed by atoms with Crippen molar-refractivity contribution in [3.63, 3.8) is 0 Å². The minimum Gasteiger partial charge on any atom is -0.491 e. The van der Waals surface area contributed by atoms with Gasteiger partial charge in [0.15, 0.2) is 0 Å². The first kappa shape index (κ1) is 27.2. The Labute approximate surface area is 225 Å². The van der Waals surface area contributed by atoms with Crippen molar-refractivity contribution in [2.75, 3.05) is 6.61 Å². The normalized spacial score (nSPS) is 13.4. The van der Waals surface area contributed by atoms with Gasteiger partial charge in [-0.2, -0.15) is 0 Å². The van der Waals surface area contributed by atoms with Crippen LogP contribution in [-0.2, 0) is 20.7 Å². The monoisotopic (exact) mass is 515 g/mol. The van der Waals surface area contributed by atoms with E-state index in [1.54, 1.807) is 0 Å². The summed E-state index contributed by atoms with van der Waals surface area (Å²) in [7, 11) is 0. The second kappa shape index (κ2) is 11.7. The van der Waals surface area contributed by atoms with Crippen LogP contribution < -0.4 is 10.1 Å². The molecule has 0 aromatic heterocycles. The SMILES string of the molecule is CC(C)Oc1ccc(CCC(NC(=O)OCC2c3ccccc3-c3ccccc32)C(=O)OC(C)(C)C)cc1. The average Bonchev–Trinajstić information content (AvgIpc) is 3.18. The van der Waals surface area contributed by atoms with E-state index >= 15 is 0 Å². The highest BCUT2D eigenvalue weighted by Crippen LogP contribution is 2.44. The molecule has 200 valence electrons. The van der Waals surface area contributed by atoms with Gasteiger partial charge in [0.2, 0.25) is 0 Å². The van der Waals surface area contributed by atoms with Gasteiger partial charge in [-0.25, -0.2) is 9.59 Å². The van der Waals surface area contributed by atoms with Crippen LogP contribution in [0.4, 0.5) is 4.79 Å². The van der Waals surface area contributed by atoms with Gasteiger partial charge in [0.25, 0.3) is 0 Å². The van der Waals surface area contributed by atoms with Crippen LogP contribution in [0.3, 0.4) is 0 Å². The van der Waals surface area contributed by atoms with E-state index in [-0.39, 0.29) is 18.6 Å². The van der Waals surface area contributed by atoms with Gasteiger partial charge in [-0.15, -0.1) is 0 Å². The van der Waals surface area contributed by atoms with E-state index in [9.17, 15) is 9.59 Å². The maximum absolute atomic E-state index is 13.0. The summed E-state index contributed by atoms with van der Waals surface area (Å²) in [6.45, 7) is 9.56. The van der Waals surface area contributed by atoms with Crippen LogP contribution in [0.2, 0.25) is 0 Å². The lowest BCUT2D eigenvalue weighted by atomic mass is 9.98. The summed E-state index contributed by atoms with van der Waals surface area (Å²) in [6.07, 6.45) is 0.418. The van der Waals surface area contributed by atoms with Gasteiger partial charge in [-0.1, -0.05) is 60.7 Å². The molecule has 1 aliphatic carbocycles. The third-order valence-electron chi connectivity index (χ3n) is 6.34. The van der Waals surface area contributed by atoms with Crippen molar-refractivity contribution >= 4 is 12.1 Å². The van der Waals surface area contributed by atoms with Gasteiger partial charge < -0.3 is 19.5 Å². The molecule has 0 saturated heterocycles. The molecular weight excluding hydrogens is 478 g/mol. The summed E-state index contributed by atoms with van der Waals surface area (Å²) in [5, 5.41) is 2.76. The van der Waals surface area contributed by atoms with E-state index in [1.165, 1.54) is 0 Å². The number of rotatable bonds is 9. The Morgan fingerprint density at radius 2 is 1.45 bits per heavy atom. The molecule has 4 rings (SSSR count). The van der Waals surface area contributed by atoms with Crippen molar-refractivity contribution in [2.45, 2.75) is 71.1 Å². The van der Waals surface area contributed by atoms with Gasteiger partial charge in [-0.05, 0) is 87.4 Å². The first-order chi connectivity index (χ1) is 18.1. The summed E-state index contributed by atoms with van der Waals surface area (Å²) in [5.74, 6) is 0.259. The molecule has 0 heterocycles. The van der Waals surface area contributed by atoms with Crippen molar-refractivity contribution in [3.8, 4) is 16.9 Å². The second-order valence-corrected chi connectivity index (χ2v) is 10.9. The van der Waals surface area contributed by atoms with Crippen molar-refractivity contribution in [2.24, 2.45) is 0 Å².